The number of benzene rings is 1. The van der Waals surface area contributed by atoms with Crippen LogP contribution in [0.25, 0.3) is 0 Å². The topological polar surface area (TPSA) is 84.2 Å². The van der Waals surface area contributed by atoms with Gasteiger partial charge in [-0.25, -0.2) is 0 Å². The molecule has 20 heavy (non-hydrogen) atoms. The summed E-state index contributed by atoms with van der Waals surface area (Å²) < 4.78 is 5.56. The molecule has 2 aromatic rings. The molecule has 1 aromatic heterocycles. The maximum atomic E-state index is 11.7. The smallest absolute Gasteiger partial charge is 0.273 e. The van der Waals surface area contributed by atoms with Crippen LogP contribution < -0.4 is 10.6 Å². The van der Waals surface area contributed by atoms with Crippen LogP contribution in [0.1, 0.15) is 16.2 Å². The van der Waals surface area contributed by atoms with Gasteiger partial charge in [0.2, 0.25) is 5.91 Å². The van der Waals surface area contributed by atoms with Gasteiger partial charge in [0.25, 0.3) is 5.91 Å². The highest BCUT2D eigenvalue weighted by Crippen LogP contribution is 2.20. The van der Waals surface area contributed by atoms with Gasteiger partial charge in [-0.15, -0.1) is 0 Å². The molecule has 6 nitrogen and oxygen atoms in total. The number of halogens is 1. The molecule has 104 valence electrons. The fraction of sp³-hybridized carbons (Fsp3) is 0.154. The number of hydrogen-bond acceptors (Lipinski definition) is 4. The van der Waals surface area contributed by atoms with Gasteiger partial charge >= 0.3 is 0 Å². The molecule has 0 atom stereocenters. The lowest BCUT2D eigenvalue weighted by Gasteiger charge is -2.07. The number of para-hydroxylation sites is 1. The van der Waals surface area contributed by atoms with E-state index in [0.29, 0.717) is 11.4 Å². The molecule has 0 bridgehead atoms. The molecule has 0 saturated heterocycles. The van der Waals surface area contributed by atoms with Crippen molar-refractivity contribution in [2.45, 2.75) is 6.92 Å². The highest BCUT2D eigenvalue weighted by atomic mass is 79.9. The summed E-state index contributed by atoms with van der Waals surface area (Å²) in [6.45, 7) is 1.54. The average molecular weight is 338 g/mol. The molecule has 0 unspecified atom stereocenters. The summed E-state index contributed by atoms with van der Waals surface area (Å²) in [5, 5.41) is 8.71. The minimum atomic E-state index is -0.455. The fourth-order valence-electron chi connectivity index (χ4n) is 1.48. The Morgan fingerprint density at radius 1 is 1.35 bits per heavy atom. The first-order valence-corrected chi connectivity index (χ1v) is 6.61. The first-order chi connectivity index (χ1) is 9.56. The Morgan fingerprint density at radius 2 is 2.10 bits per heavy atom. The Hall–Kier alpha value is -2.15. The van der Waals surface area contributed by atoms with Crippen molar-refractivity contribution in [3.05, 3.63) is 46.3 Å². The van der Waals surface area contributed by atoms with Crippen LogP contribution >= 0.6 is 15.9 Å². The quantitative estimate of drug-likeness (QED) is 0.894. The summed E-state index contributed by atoms with van der Waals surface area (Å²) >= 11 is 3.32. The second-order valence-corrected chi connectivity index (χ2v) is 4.89. The standard InChI is InChI=1S/C13H12BrN3O3/c1-8-6-11(17-20-8)13(19)15-7-12(18)16-10-5-3-2-4-9(10)14/h2-6H,7H2,1H3,(H,15,19)(H,16,18). The van der Waals surface area contributed by atoms with Crippen molar-refractivity contribution < 1.29 is 14.1 Å². The van der Waals surface area contributed by atoms with Crippen LogP contribution in [0.15, 0.2) is 39.3 Å². The zero-order valence-electron chi connectivity index (χ0n) is 10.6. The van der Waals surface area contributed by atoms with E-state index in [0.717, 1.165) is 4.47 Å². The zero-order valence-corrected chi connectivity index (χ0v) is 12.2. The largest absolute Gasteiger partial charge is 0.361 e. The SMILES string of the molecule is Cc1cc(C(=O)NCC(=O)Nc2ccccc2Br)no1. The van der Waals surface area contributed by atoms with Gasteiger partial charge in [0, 0.05) is 10.5 Å². The third-order valence-electron chi connectivity index (χ3n) is 2.42. The van der Waals surface area contributed by atoms with Crippen molar-refractivity contribution in [1.29, 1.82) is 0 Å². The summed E-state index contributed by atoms with van der Waals surface area (Å²) in [5.41, 5.74) is 0.792. The molecule has 2 amide bonds. The number of aromatic nitrogens is 1. The molecule has 2 N–H and O–H groups in total. The van der Waals surface area contributed by atoms with Gasteiger partial charge in [-0.3, -0.25) is 9.59 Å². The second kappa shape index (κ2) is 6.33. The molecular weight excluding hydrogens is 326 g/mol. The molecule has 0 radical (unpaired) electrons. The average Bonchev–Trinajstić information content (AvgIpc) is 2.85. The Balaban J connectivity index is 1.87. The number of carbonyl (C=O) groups is 2. The summed E-state index contributed by atoms with van der Waals surface area (Å²) in [6.07, 6.45) is 0. The monoisotopic (exact) mass is 337 g/mol. The number of amides is 2. The van der Waals surface area contributed by atoms with Crippen molar-refractivity contribution in [3.8, 4) is 0 Å². The molecule has 7 heteroatoms. The van der Waals surface area contributed by atoms with E-state index >= 15 is 0 Å². The number of nitrogens with zero attached hydrogens (tertiary/aromatic N) is 1. The van der Waals surface area contributed by atoms with Crippen molar-refractivity contribution in [2.75, 3.05) is 11.9 Å². The number of carbonyl (C=O) groups excluding carboxylic acids is 2. The number of anilines is 1. The van der Waals surface area contributed by atoms with Crippen LogP contribution in [0.2, 0.25) is 0 Å². The van der Waals surface area contributed by atoms with Crippen LogP contribution in [0.4, 0.5) is 5.69 Å². The third-order valence-corrected chi connectivity index (χ3v) is 3.11. The molecule has 0 aliphatic carbocycles. The van der Waals surface area contributed by atoms with Crippen LogP contribution in [-0.2, 0) is 4.79 Å². The van der Waals surface area contributed by atoms with Crippen molar-refractivity contribution >= 4 is 33.4 Å². The van der Waals surface area contributed by atoms with Gasteiger partial charge in [0.05, 0.1) is 12.2 Å². The van der Waals surface area contributed by atoms with E-state index in [1.54, 1.807) is 19.1 Å². The number of nitrogens with one attached hydrogen (secondary N) is 2. The van der Waals surface area contributed by atoms with Crippen molar-refractivity contribution in [1.82, 2.24) is 10.5 Å². The number of rotatable bonds is 4. The first kappa shape index (κ1) is 14.3. The second-order valence-electron chi connectivity index (χ2n) is 4.03. The van der Waals surface area contributed by atoms with Gasteiger partial charge in [-0.2, -0.15) is 0 Å². The summed E-state index contributed by atoms with van der Waals surface area (Å²) in [6, 6.07) is 8.71. The third kappa shape index (κ3) is 3.67. The minimum absolute atomic E-state index is 0.147. The molecule has 0 saturated carbocycles. The van der Waals surface area contributed by atoms with E-state index in [1.165, 1.54) is 6.07 Å². The summed E-state index contributed by atoms with van der Waals surface area (Å²) in [4.78, 5) is 23.4. The van der Waals surface area contributed by atoms with Crippen molar-refractivity contribution in [3.63, 3.8) is 0 Å². The Labute approximate surface area is 123 Å². The predicted octanol–water partition coefficient (Wildman–Crippen LogP) is 2.11. The maximum absolute atomic E-state index is 11.7. The van der Waals surface area contributed by atoms with Crippen LogP contribution in [0.3, 0.4) is 0 Å². The predicted molar refractivity (Wildman–Crippen MR) is 76.3 cm³/mol. The van der Waals surface area contributed by atoms with E-state index in [9.17, 15) is 9.59 Å². The first-order valence-electron chi connectivity index (χ1n) is 5.82. The molecule has 2 rings (SSSR count). The molecule has 0 aliphatic rings. The summed E-state index contributed by atoms with van der Waals surface area (Å²) in [5.74, 6) is -0.248. The van der Waals surface area contributed by atoms with E-state index in [-0.39, 0.29) is 18.1 Å². The lowest BCUT2D eigenvalue weighted by atomic mass is 10.3. The lowest BCUT2D eigenvalue weighted by molar-refractivity contribution is -0.115. The van der Waals surface area contributed by atoms with Crippen LogP contribution in [0, 0.1) is 6.92 Å². The van der Waals surface area contributed by atoms with E-state index < -0.39 is 5.91 Å². The van der Waals surface area contributed by atoms with E-state index in [1.807, 2.05) is 12.1 Å². The molecule has 1 aromatic carbocycles. The van der Waals surface area contributed by atoms with Gasteiger partial charge in [0.15, 0.2) is 5.69 Å². The van der Waals surface area contributed by atoms with Crippen molar-refractivity contribution in [2.24, 2.45) is 0 Å². The van der Waals surface area contributed by atoms with Crippen LogP contribution in [0.5, 0.6) is 0 Å². The highest BCUT2D eigenvalue weighted by molar-refractivity contribution is 9.10. The number of aryl methyl sites for hydroxylation is 1. The Kier molecular flexibility index (Phi) is 4.52. The van der Waals surface area contributed by atoms with Crippen LogP contribution in [-0.4, -0.2) is 23.5 Å². The molecule has 0 aliphatic heterocycles. The van der Waals surface area contributed by atoms with Gasteiger partial charge in [-0.1, -0.05) is 17.3 Å². The van der Waals surface area contributed by atoms with Gasteiger partial charge in [-0.05, 0) is 35.0 Å². The van der Waals surface area contributed by atoms with E-state index in [4.69, 9.17) is 4.52 Å². The molecule has 0 fully saturated rings. The van der Waals surface area contributed by atoms with Gasteiger partial charge in [0.1, 0.15) is 5.76 Å². The Bertz CT molecular complexity index is 639. The minimum Gasteiger partial charge on any atom is -0.361 e. The number of hydrogen-bond donors (Lipinski definition) is 2. The lowest BCUT2D eigenvalue weighted by Crippen LogP contribution is -2.33. The van der Waals surface area contributed by atoms with Gasteiger partial charge < -0.3 is 15.2 Å². The molecular formula is C13H12BrN3O3. The molecule has 0 spiro atoms. The highest BCUT2D eigenvalue weighted by Gasteiger charge is 2.12. The zero-order chi connectivity index (χ0) is 14.5. The Morgan fingerprint density at radius 3 is 2.75 bits per heavy atom. The maximum Gasteiger partial charge on any atom is 0.273 e. The molecule has 1 heterocycles. The fourth-order valence-corrected chi connectivity index (χ4v) is 1.87. The summed E-state index contributed by atoms with van der Waals surface area (Å²) in [7, 11) is 0. The normalized spacial score (nSPS) is 10.1. The van der Waals surface area contributed by atoms with E-state index in [2.05, 4.69) is 31.7 Å².